The third-order valence-corrected chi connectivity index (χ3v) is 7.20. The molecule has 0 spiro atoms. The van der Waals surface area contributed by atoms with Crippen LogP contribution in [0.25, 0.3) is 16.9 Å². The predicted molar refractivity (Wildman–Crippen MR) is 151 cm³/mol. The van der Waals surface area contributed by atoms with Crippen molar-refractivity contribution in [3.8, 4) is 16.9 Å². The average Bonchev–Trinajstić information content (AvgIpc) is 3.66. The second-order valence-corrected chi connectivity index (χ2v) is 10.3. The molecule has 11 nitrogen and oxygen atoms in total. The molecule has 210 valence electrons. The number of aryl methyl sites for hydroxylation is 1. The Bertz CT molecular complexity index is 1350. The maximum atomic E-state index is 12.7. The van der Waals surface area contributed by atoms with Crippen LogP contribution in [0, 0.1) is 0 Å². The van der Waals surface area contributed by atoms with E-state index in [-0.39, 0.29) is 12.0 Å². The van der Waals surface area contributed by atoms with Gasteiger partial charge in [0.1, 0.15) is 5.69 Å². The average molecular weight is 544 g/mol. The topological polar surface area (TPSA) is 127 Å². The fourth-order valence-corrected chi connectivity index (χ4v) is 4.88. The molecule has 0 radical (unpaired) electrons. The quantitative estimate of drug-likeness (QED) is 0.246. The van der Waals surface area contributed by atoms with Crippen LogP contribution >= 0.6 is 0 Å². The number of unbranched alkanes of at least 4 members (excludes halogenated alkanes) is 4. The number of amides is 1. The summed E-state index contributed by atoms with van der Waals surface area (Å²) in [7, 11) is 0. The second-order valence-electron chi connectivity index (χ2n) is 10.3. The number of nitrogens with zero attached hydrogens (tertiary/aromatic N) is 8. The van der Waals surface area contributed by atoms with E-state index in [1.165, 1.54) is 0 Å². The molecule has 1 amide bonds. The van der Waals surface area contributed by atoms with Gasteiger partial charge in [-0.05, 0) is 56.0 Å². The number of likely N-dealkylation sites (tertiary alicyclic amines) is 1. The van der Waals surface area contributed by atoms with Crippen molar-refractivity contribution in [2.75, 3.05) is 19.6 Å². The smallest absolute Gasteiger partial charge is 0.251 e. The van der Waals surface area contributed by atoms with Crippen molar-refractivity contribution in [2.24, 2.45) is 0 Å². The molecule has 0 atom stereocenters. The fourth-order valence-electron chi connectivity index (χ4n) is 4.88. The number of hydrogen-bond acceptors (Lipinski definition) is 8. The molecule has 1 fully saturated rings. The highest BCUT2D eigenvalue weighted by molar-refractivity contribution is 5.94. The lowest BCUT2D eigenvalue weighted by Gasteiger charge is -2.28. The lowest BCUT2D eigenvalue weighted by molar-refractivity contribution is 0.0786. The van der Waals surface area contributed by atoms with Crippen LogP contribution in [0.1, 0.15) is 61.0 Å². The molecule has 5 rings (SSSR count). The first-order valence-corrected chi connectivity index (χ1v) is 14.1. The summed E-state index contributed by atoms with van der Waals surface area (Å²) in [6.07, 6.45) is 14.1. The molecule has 1 aliphatic rings. The van der Waals surface area contributed by atoms with E-state index >= 15 is 0 Å². The summed E-state index contributed by atoms with van der Waals surface area (Å²) in [5.41, 5.74) is 4.11. The zero-order valence-corrected chi connectivity index (χ0v) is 22.8. The Hall–Kier alpha value is -3.96. The summed E-state index contributed by atoms with van der Waals surface area (Å²) in [6, 6.07) is 11.3. The molecule has 3 aromatic heterocycles. The Labute approximate surface area is 234 Å². The SMILES string of the molecule is O=C(NCCCCCCCn1cc(-c2cccnc2)nn1)c1cccc(-n2cc(CN3CCC(O)CC3)nn2)c1. The van der Waals surface area contributed by atoms with Crippen molar-refractivity contribution < 1.29 is 9.90 Å². The molecule has 4 aromatic rings. The molecule has 40 heavy (non-hydrogen) atoms. The van der Waals surface area contributed by atoms with Crippen LogP contribution in [0.15, 0.2) is 61.2 Å². The Kier molecular flexibility index (Phi) is 9.59. The van der Waals surface area contributed by atoms with Crippen molar-refractivity contribution in [2.45, 2.75) is 64.1 Å². The van der Waals surface area contributed by atoms with Gasteiger partial charge in [0.2, 0.25) is 0 Å². The Balaban J connectivity index is 0.980. The first-order chi connectivity index (χ1) is 19.6. The van der Waals surface area contributed by atoms with E-state index in [0.29, 0.717) is 18.7 Å². The van der Waals surface area contributed by atoms with Crippen molar-refractivity contribution >= 4 is 5.91 Å². The van der Waals surface area contributed by atoms with Gasteiger partial charge in [0.15, 0.2) is 0 Å². The van der Waals surface area contributed by atoms with Crippen LogP contribution in [0.4, 0.5) is 0 Å². The minimum atomic E-state index is -0.190. The van der Waals surface area contributed by atoms with Gasteiger partial charge in [-0.2, -0.15) is 0 Å². The molecule has 0 saturated carbocycles. The Morgan fingerprint density at radius 2 is 1.82 bits per heavy atom. The zero-order chi connectivity index (χ0) is 27.6. The number of carbonyl (C=O) groups is 1. The van der Waals surface area contributed by atoms with E-state index < -0.39 is 0 Å². The van der Waals surface area contributed by atoms with Crippen LogP contribution in [0.5, 0.6) is 0 Å². The molecule has 1 saturated heterocycles. The Morgan fingerprint density at radius 1 is 0.975 bits per heavy atom. The Morgan fingerprint density at radius 3 is 2.67 bits per heavy atom. The second kappa shape index (κ2) is 13.9. The van der Waals surface area contributed by atoms with Gasteiger partial charge in [-0.25, -0.2) is 4.68 Å². The summed E-state index contributed by atoms with van der Waals surface area (Å²) in [5.74, 6) is -0.0790. The van der Waals surface area contributed by atoms with E-state index in [1.54, 1.807) is 17.1 Å². The van der Waals surface area contributed by atoms with Gasteiger partial charge < -0.3 is 10.4 Å². The summed E-state index contributed by atoms with van der Waals surface area (Å²) in [6.45, 7) is 3.93. The largest absolute Gasteiger partial charge is 0.393 e. The summed E-state index contributed by atoms with van der Waals surface area (Å²) >= 11 is 0. The van der Waals surface area contributed by atoms with E-state index in [2.05, 4.69) is 35.8 Å². The maximum Gasteiger partial charge on any atom is 0.251 e. The minimum absolute atomic E-state index is 0.0790. The van der Waals surface area contributed by atoms with Gasteiger partial charge in [0.25, 0.3) is 5.91 Å². The number of aliphatic hydroxyl groups is 1. The van der Waals surface area contributed by atoms with E-state index in [0.717, 1.165) is 87.2 Å². The normalized spacial score (nSPS) is 14.4. The highest BCUT2D eigenvalue weighted by Crippen LogP contribution is 2.16. The number of rotatable bonds is 13. The summed E-state index contributed by atoms with van der Waals surface area (Å²) in [5, 5.41) is 29.7. The third kappa shape index (κ3) is 7.80. The predicted octanol–water partition coefficient (Wildman–Crippen LogP) is 3.26. The number of aliphatic hydroxyl groups excluding tert-OH is 1. The molecule has 0 unspecified atom stereocenters. The van der Waals surface area contributed by atoms with Crippen LogP contribution in [-0.4, -0.2) is 76.6 Å². The minimum Gasteiger partial charge on any atom is -0.393 e. The summed E-state index contributed by atoms with van der Waals surface area (Å²) in [4.78, 5) is 19.1. The van der Waals surface area contributed by atoms with E-state index in [1.807, 2.05) is 53.5 Å². The fraction of sp³-hybridized carbons (Fsp3) is 0.448. The first-order valence-electron chi connectivity index (χ1n) is 14.1. The molecular weight excluding hydrogens is 506 g/mol. The van der Waals surface area contributed by atoms with Gasteiger partial charge in [-0.1, -0.05) is 35.8 Å². The molecule has 1 aliphatic heterocycles. The molecule has 2 N–H and O–H groups in total. The molecular formula is C29H37N9O2. The molecule has 0 aliphatic carbocycles. The lowest BCUT2D eigenvalue weighted by Crippen LogP contribution is -2.35. The third-order valence-electron chi connectivity index (χ3n) is 7.20. The number of carbonyl (C=O) groups excluding carboxylic acids is 1. The standard InChI is InChI=1S/C29H37N9O2/c39-27-11-16-36(17-12-27)20-25-21-38(35-32-25)26-10-6-8-23(18-26)29(40)31-14-4-2-1-3-5-15-37-22-28(33-34-37)24-9-7-13-30-19-24/h6-10,13,18-19,21-22,27,39H,1-5,11-12,14-17,20H2,(H,31,40). The van der Waals surface area contributed by atoms with E-state index in [9.17, 15) is 9.90 Å². The molecule has 1 aromatic carbocycles. The molecule has 11 heteroatoms. The van der Waals surface area contributed by atoms with Crippen LogP contribution in [0.2, 0.25) is 0 Å². The van der Waals surface area contributed by atoms with Crippen LogP contribution in [-0.2, 0) is 13.1 Å². The number of nitrogens with one attached hydrogen (secondary N) is 1. The first kappa shape index (κ1) is 27.6. The van der Waals surface area contributed by atoms with Gasteiger partial charge in [0, 0.05) is 56.2 Å². The van der Waals surface area contributed by atoms with Crippen molar-refractivity contribution in [1.29, 1.82) is 0 Å². The van der Waals surface area contributed by atoms with Gasteiger partial charge >= 0.3 is 0 Å². The number of pyridine rings is 1. The van der Waals surface area contributed by atoms with Gasteiger partial charge in [-0.15, -0.1) is 10.2 Å². The van der Waals surface area contributed by atoms with Crippen LogP contribution < -0.4 is 5.32 Å². The van der Waals surface area contributed by atoms with Gasteiger partial charge in [-0.3, -0.25) is 19.4 Å². The highest BCUT2D eigenvalue weighted by Gasteiger charge is 2.18. The number of aromatic nitrogens is 7. The summed E-state index contributed by atoms with van der Waals surface area (Å²) < 4.78 is 3.60. The van der Waals surface area contributed by atoms with E-state index in [4.69, 9.17) is 0 Å². The number of benzene rings is 1. The van der Waals surface area contributed by atoms with Crippen molar-refractivity contribution in [3.63, 3.8) is 0 Å². The zero-order valence-electron chi connectivity index (χ0n) is 22.8. The highest BCUT2D eigenvalue weighted by atomic mass is 16.3. The van der Waals surface area contributed by atoms with Gasteiger partial charge in [0.05, 0.1) is 29.9 Å². The number of hydrogen-bond donors (Lipinski definition) is 2. The number of piperidine rings is 1. The molecule has 4 heterocycles. The van der Waals surface area contributed by atoms with Crippen molar-refractivity contribution in [1.82, 2.24) is 45.2 Å². The lowest BCUT2D eigenvalue weighted by atomic mass is 10.1. The maximum absolute atomic E-state index is 12.7. The van der Waals surface area contributed by atoms with Crippen molar-refractivity contribution in [3.05, 3.63) is 72.4 Å². The van der Waals surface area contributed by atoms with Crippen LogP contribution in [0.3, 0.4) is 0 Å². The molecule has 0 bridgehead atoms. The monoisotopic (exact) mass is 543 g/mol.